The molecule has 3 aromatic rings. The van der Waals surface area contributed by atoms with Crippen LogP contribution in [0.4, 0.5) is 22.1 Å². The molecule has 7 heteroatoms. The zero-order valence-corrected chi connectivity index (χ0v) is 17.8. The molecule has 1 fully saturated rings. The number of anilines is 3. The summed E-state index contributed by atoms with van der Waals surface area (Å²) in [6, 6.07) is 15.4. The summed E-state index contributed by atoms with van der Waals surface area (Å²) in [5, 5.41) is 5.85. The zero-order chi connectivity index (χ0) is 22.2. The normalized spacial score (nSPS) is 13.1. The summed E-state index contributed by atoms with van der Waals surface area (Å²) in [5.41, 5.74) is 9.93. The quantitative estimate of drug-likeness (QED) is 0.552. The van der Waals surface area contributed by atoms with Gasteiger partial charge in [0.25, 0.3) is 0 Å². The Kier molecular flexibility index (Phi) is 6.83. The first-order valence-electron chi connectivity index (χ1n) is 10.7. The molecule has 0 radical (unpaired) electrons. The number of carbonyl (C=O) groups excluding carboxylic acids is 1. The first-order valence-corrected chi connectivity index (χ1v) is 10.7. The maximum Gasteiger partial charge on any atom is 0.319 e. The molecule has 1 saturated heterocycles. The minimum atomic E-state index is -0.254. The monoisotopic (exact) mass is 426 g/mol. The van der Waals surface area contributed by atoms with Gasteiger partial charge in [0, 0.05) is 49.0 Å². The number of amides is 2. The van der Waals surface area contributed by atoms with Gasteiger partial charge in [0.2, 0.25) is 5.95 Å². The first kappa shape index (κ1) is 21.2. The summed E-state index contributed by atoms with van der Waals surface area (Å²) in [6.45, 7) is 2.61. The van der Waals surface area contributed by atoms with Crippen molar-refractivity contribution in [2.24, 2.45) is 0 Å². The molecule has 1 aromatic heterocycles. The highest BCUT2D eigenvalue weighted by molar-refractivity contribution is 5.89. The molecule has 7 nitrogen and oxygen atoms in total. The van der Waals surface area contributed by atoms with Gasteiger partial charge in [-0.3, -0.25) is 0 Å². The van der Waals surface area contributed by atoms with Crippen LogP contribution in [0.5, 0.6) is 0 Å². The van der Waals surface area contributed by atoms with Crippen LogP contribution in [0.1, 0.15) is 36.0 Å². The van der Waals surface area contributed by atoms with Gasteiger partial charge < -0.3 is 21.3 Å². The third-order valence-electron chi connectivity index (χ3n) is 5.27. The Morgan fingerprint density at radius 2 is 1.72 bits per heavy atom. The number of urea groups is 1. The van der Waals surface area contributed by atoms with Crippen LogP contribution in [0.15, 0.2) is 60.9 Å². The second-order valence-corrected chi connectivity index (χ2v) is 7.64. The molecule has 0 atom stereocenters. The standard InChI is InChI=1S/C25H26N6O/c26-24-27-16-20(17-28-24)12-11-19-7-6-9-22(15-19)30-25(32)29-18-21-8-2-3-10-23(21)31-13-4-1-5-14-31/h2-3,6-10,15-17H,1,4-5,13-14,18H2,(H2,26,27,28)(H2,29,30,32). The van der Waals surface area contributed by atoms with E-state index in [4.69, 9.17) is 5.73 Å². The molecular weight excluding hydrogens is 400 g/mol. The maximum absolute atomic E-state index is 12.5. The average Bonchev–Trinajstić information content (AvgIpc) is 2.83. The van der Waals surface area contributed by atoms with Gasteiger partial charge in [-0.05, 0) is 49.1 Å². The third kappa shape index (κ3) is 5.76. The highest BCUT2D eigenvalue weighted by atomic mass is 16.2. The van der Waals surface area contributed by atoms with Crippen molar-refractivity contribution in [1.29, 1.82) is 0 Å². The number of rotatable bonds is 4. The molecule has 2 heterocycles. The van der Waals surface area contributed by atoms with Crippen molar-refractivity contribution in [3.8, 4) is 11.8 Å². The highest BCUT2D eigenvalue weighted by Crippen LogP contribution is 2.24. The molecule has 1 aliphatic heterocycles. The topological polar surface area (TPSA) is 96.2 Å². The summed E-state index contributed by atoms with van der Waals surface area (Å²) in [7, 11) is 0. The summed E-state index contributed by atoms with van der Waals surface area (Å²) in [6.07, 6.45) is 6.87. The van der Waals surface area contributed by atoms with Crippen molar-refractivity contribution in [2.45, 2.75) is 25.8 Å². The lowest BCUT2D eigenvalue weighted by atomic mass is 10.1. The fraction of sp³-hybridized carbons (Fsp3) is 0.240. The number of nitrogen functional groups attached to an aromatic ring is 1. The van der Waals surface area contributed by atoms with E-state index in [1.807, 2.05) is 30.3 Å². The highest BCUT2D eigenvalue weighted by Gasteiger charge is 2.14. The second kappa shape index (κ2) is 10.3. The molecule has 0 aliphatic carbocycles. The van der Waals surface area contributed by atoms with Crippen LogP contribution in [-0.4, -0.2) is 29.1 Å². The molecule has 162 valence electrons. The van der Waals surface area contributed by atoms with E-state index in [2.05, 4.69) is 55.5 Å². The van der Waals surface area contributed by atoms with Gasteiger partial charge in [-0.1, -0.05) is 36.1 Å². The number of para-hydroxylation sites is 1. The maximum atomic E-state index is 12.5. The number of piperidine rings is 1. The summed E-state index contributed by atoms with van der Waals surface area (Å²) in [5.74, 6) is 6.25. The van der Waals surface area contributed by atoms with Crippen molar-refractivity contribution in [1.82, 2.24) is 15.3 Å². The first-order chi connectivity index (χ1) is 15.7. The van der Waals surface area contributed by atoms with E-state index in [9.17, 15) is 4.79 Å². The molecule has 0 spiro atoms. The number of aromatic nitrogens is 2. The minimum absolute atomic E-state index is 0.214. The van der Waals surface area contributed by atoms with E-state index in [1.54, 1.807) is 12.4 Å². The van der Waals surface area contributed by atoms with E-state index in [-0.39, 0.29) is 12.0 Å². The molecule has 4 rings (SSSR count). The van der Waals surface area contributed by atoms with Crippen LogP contribution in [-0.2, 0) is 6.54 Å². The van der Waals surface area contributed by atoms with Crippen LogP contribution in [0.2, 0.25) is 0 Å². The van der Waals surface area contributed by atoms with Gasteiger partial charge in [0.15, 0.2) is 0 Å². The number of hydrogen-bond acceptors (Lipinski definition) is 5. The van der Waals surface area contributed by atoms with Crippen molar-refractivity contribution in [3.05, 3.63) is 77.6 Å². The Hall–Kier alpha value is -4.05. The molecule has 1 aliphatic rings. The van der Waals surface area contributed by atoms with E-state index >= 15 is 0 Å². The van der Waals surface area contributed by atoms with Crippen LogP contribution in [0.3, 0.4) is 0 Å². The summed E-state index contributed by atoms with van der Waals surface area (Å²) < 4.78 is 0. The van der Waals surface area contributed by atoms with Gasteiger partial charge in [0.1, 0.15) is 0 Å². The number of nitrogens with two attached hydrogens (primary N) is 1. The van der Waals surface area contributed by atoms with Crippen molar-refractivity contribution in [2.75, 3.05) is 29.0 Å². The van der Waals surface area contributed by atoms with Gasteiger partial charge in [-0.2, -0.15) is 0 Å². The third-order valence-corrected chi connectivity index (χ3v) is 5.27. The molecule has 4 N–H and O–H groups in total. The Morgan fingerprint density at radius 3 is 2.53 bits per heavy atom. The fourth-order valence-corrected chi connectivity index (χ4v) is 3.68. The summed E-state index contributed by atoms with van der Waals surface area (Å²) in [4.78, 5) is 22.8. The predicted molar refractivity (Wildman–Crippen MR) is 127 cm³/mol. The average molecular weight is 427 g/mol. The van der Waals surface area contributed by atoms with Gasteiger partial charge in [-0.25, -0.2) is 14.8 Å². The Balaban J connectivity index is 1.36. The molecule has 0 saturated carbocycles. The van der Waals surface area contributed by atoms with E-state index in [0.29, 0.717) is 17.8 Å². The second-order valence-electron chi connectivity index (χ2n) is 7.64. The number of nitrogens with zero attached hydrogens (tertiary/aromatic N) is 3. The molecular formula is C25H26N6O. The lowest BCUT2D eigenvalue weighted by Gasteiger charge is -2.30. The largest absolute Gasteiger partial charge is 0.371 e. The number of hydrogen-bond donors (Lipinski definition) is 3. The molecule has 2 amide bonds. The van der Waals surface area contributed by atoms with E-state index < -0.39 is 0 Å². The lowest BCUT2D eigenvalue weighted by Crippen LogP contribution is -2.32. The molecule has 32 heavy (non-hydrogen) atoms. The molecule has 0 unspecified atom stereocenters. The van der Waals surface area contributed by atoms with Crippen LogP contribution in [0, 0.1) is 11.8 Å². The number of nitrogens with one attached hydrogen (secondary N) is 2. The smallest absolute Gasteiger partial charge is 0.319 e. The fourth-order valence-electron chi connectivity index (χ4n) is 3.68. The van der Waals surface area contributed by atoms with Crippen LogP contribution < -0.4 is 21.3 Å². The van der Waals surface area contributed by atoms with E-state index in [1.165, 1.54) is 24.9 Å². The lowest BCUT2D eigenvalue weighted by molar-refractivity contribution is 0.251. The number of benzene rings is 2. The zero-order valence-electron chi connectivity index (χ0n) is 17.8. The molecule has 0 bridgehead atoms. The van der Waals surface area contributed by atoms with Crippen LogP contribution in [0.25, 0.3) is 0 Å². The minimum Gasteiger partial charge on any atom is -0.371 e. The van der Waals surface area contributed by atoms with Gasteiger partial charge in [-0.15, -0.1) is 0 Å². The van der Waals surface area contributed by atoms with Crippen molar-refractivity contribution >= 4 is 23.4 Å². The van der Waals surface area contributed by atoms with Gasteiger partial charge >= 0.3 is 6.03 Å². The Morgan fingerprint density at radius 1 is 0.969 bits per heavy atom. The molecule has 2 aromatic carbocycles. The van der Waals surface area contributed by atoms with Crippen molar-refractivity contribution < 1.29 is 4.79 Å². The Bertz CT molecular complexity index is 1130. The SMILES string of the molecule is Nc1ncc(C#Cc2cccc(NC(=O)NCc3ccccc3N3CCCCC3)c2)cn1. The van der Waals surface area contributed by atoms with Crippen LogP contribution >= 0.6 is 0 Å². The number of carbonyl (C=O) groups is 1. The Labute approximate surface area is 188 Å². The summed E-state index contributed by atoms with van der Waals surface area (Å²) >= 11 is 0. The van der Waals surface area contributed by atoms with E-state index in [0.717, 1.165) is 24.2 Å². The van der Waals surface area contributed by atoms with Gasteiger partial charge in [0.05, 0.1) is 5.56 Å². The van der Waals surface area contributed by atoms with Crippen molar-refractivity contribution in [3.63, 3.8) is 0 Å². The predicted octanol–water partition coefficient (Wildman–Crippen LogP) is 3.77.